The second-order valence-corrected chi connectivity index (χ2v) is 4.05. The van der Waals surface area contributed by atoms with Gasteiger partial charge < -0.3 is 0 Å². The number of rotatable bonds is 2. The molecule has 0 spiro atoms. The summed E-state index contributed by atoms with van der Waals surface area (Å²) in [4.78, 5) is 2.48. The highest BCUT2D eigenvalue weighted by Crippen LogP contribution is 2.15. The molecule has 0 bridgehead atoms. The van der Waals surface area contributed by atoms with E-state index in [0.717, 1.165) is 6.54 Å². The Morgan fingerprint density at radius 2 is 1.55 bits per heavy atom. The van der Waals surface area contributed by atoms with Crippen molar-refractivity contribution in [1.29, 1.82) is 0 Å². The van der Waals surface area contributed by atoms with Crippen molar-refractivity contribution in [2.45, 2.75) is 60.5 Å². The van der Waals surface area contributed by atoms with E-state index in [1.165, 1.54) is 0 Å². The van der Waals surface area contributed by atoms with Crippen molar-refractivity contribution in [1.82, 2.24) is 4.90 Å². The Kier molecular flexibility index (Phi) is 5.86. The minimum Gasteiger partial charge on any atom is -0.296 e. The van der Waals surface area contributed by atoms with Gasteiger partial charge in [-0.2, -0.15) is 0 Å². The van der Waals surface area contributed by atoms with Crippen molar-refractivity contribution in [3.63, 3.8) is 0 Å². The van der Waals surface area contributed by atoms with E-state index in [1.807, 2.05) is 0 Å². The van der Waals surface area contributed by atoms with Crippen LogP contribution in [-0.2, 0) is 0 Å². The molecule has 0 saturated carbocycles. The number of hydrogen-bond acceptors (Lipinski definition) is 1. The molecule has 0 N–H and O–H groups in total. The van der Waals surface area contributed by atoms with E-state index >= 15 is 0 Å². The molecule has 0 fully saturated rings. The number of nitrogens with zero attached hydrogens (tertiary/aromatic N) is 1. The van der Waals surface area contributed by atoms with Crippen LogP contribution in [0.15, 0.2) is 0 Å². The molecule has 0 rings (SSSR count). The average molecular weight is 159 g/mol. The molecule has 0 aromatic heterocycles. The average Bonchev–Trinajstić information content (AvgIpc) is 1.60. The standard InChI is InChI=1S/C9H21N.CH4/c1-7-10(8(2)3)9(4,5)6;/h8H,7H2,1-6H3;1H4. The van der Waals surface area contributed by atoms with Crippen molar-refractivity contribution in [2.24, 2.45) is 0 Å². The lowest BCUT2D eigenvalue weighted by molar-refractivity contribution is 0.107. The van der Waals surface area contributed by atoms with Crippen molar-refractivity contribution in [3.8, 4) is 0 Å². The van der Waals surface area contributed by atoms with Gasteiger partial charge in [0.05, 0.1) is 0 Å². The number of hydrogen-bond donors (Lipinski definition) is 0. The fraction of sp³-hybridized carbons (Fsp3) is 1.00. The monoisotopic (exact) mass is 159 g/mol. The first-order valence-corrected chi connectivity index (χ1v) is 4.16. The maximum atomic E-state index is 2.48. The molecule has 0 radical (unpaired) electrons. The summed E-state index contributed by atoms with van der Waals surface area (Å²) in [5, 5.41) is 0. The minimum absolute atomic E-state index is 0. The van der Waals surface area contributed by atoms with Gasteiger partial charge in [-0.15, -0.1) is 0 Å². The van der Waals surface area contributed by atoms with Crippen LogP contribution in [0.5, 0.6) is 0 Å². The molecule has 0 aliphatic heterocycles. The molecule has 1 heteroatoms. The van der Waals surface area contributed by atoms with Gasteiger partial charge in [0.1, 0.15) is 0 Å². The highest BCUT2D eigenvalue weighted by molar-refractivity contribution is 4.77. The van der Waals surface area contributed by atoms with Crippen molar-refractivity contribution >= 4 is 0 Å². The van der Waals surface area contributed by atoms with Gasteiger partial charge in [-0.05, 0) is 41.2 Å². The lowest BCUT2D eigenvalue weighted by Gasteiger charge is -2.38. The summed E-state index contributed by atoms with van der Waals surface area (Å²) in [6.07, 6.45) is 0. The van der Waals surface area contributed by atoms with Gasteiger partial charge in [0, 0.05) is 11.6 Å². The molecule has 70 valence electrons. The van der Waals surface area contributed by atoms with Gasteiger partial charge in [0.2, 0.25) is 0 Å². The summed E-state index contributed by atoms with van der Waals surface area (Å²) in [7, 11) is 0. The molecule has 0 aromatic carbocycles. The Morgan fingerprint density at radius 3 is 1.55 bits per heavy atom. The fourth-order valence-corrected chi connectivity index (χ4v) is 1.61. The molecule has 0 atom stereocenters. The van der Waals surface area contributed by atoms with Gasteiger partial charge in [-0.1, -0.05) is 14.4 Å². The van der Waals surface area contributed by atoms with Crippen molar-refractivity contribution in [2.75, 3.05) is 6.54 Å². The molecule has 0 amide bonds. The zero-order chi connectivity index (χ0) is 8.36. The second kappa shape index (κ2) is 4.76. The molecule has 0 aliphatic rings. The van der Waals surface area contributed by atoms with Crippen LogP contribution in [0.1, 0.15) is 49.0 Å². The van der Waals surface area contributed by atoms with E-state index in [0.29, 0.717) is 11.6 Å². The summed E-state index contributed by atoms with van der Waals surface area (Å²) >= 11 is 0. The molecular formula is C10H25N. The van der Waals surface area contributed by atoms with Crippen LogP contribution in [0.3, 0.4) is 0 Å². The van der Waals surface area contributed by atoms with E-state index in [1.54, 1.807) is 0 Å². The smallest absolute Gasteiger partial charge is 0.0127 e. The normalized spacial score (nSPS) is 12.0. The van der Waals surface area contributed by atoms with Crippen molar-refractivity contribution < 1.29 is 0 Å². The van der Waals surface area contributed by atoms with Crippen LogP contribution >= 0.6 is 0 Å². The zero-order valence-corrected chi connectivity index (χ0v) is 8.23. The van der Waals surface area contributed by atoms with Crippen LogP contribution in [0, 0.1) is 0 Å². The first kappa shape index (κ1) is 13.5. The molecular weight excluding hydrogens is 134 g/mol. The summed E-state index contributed by atoms with van der Waals surface area (Å²) in [5.74, 6) is 0. The maximum absolute atomic E-state index is 2.48. The zero-order valence-electron chi connectivity index (χ0n) is 8.23. The van der Waals surface area contributed by atoms with Crippen LogP contribution < -0.4 is 0 Å². The molecule has 0 aromatic rings. The highest BCUT2D eigenvalue weighted by Gasteiger charge is 2.21. The predicted octanol–water partition coefficient (Wildman–Crippen LogP) is 3.15. The Balaban J connectivity index is 0. The molecule has 0 unspecified atom stereocenters. The SMILES string of the molecule is C.CCN(C(C)C)C(C)(C)C. The van der Waals surface area contributed by atoms with E-state index in [2.05, 4.69) is 46.4 Å². The van der Waals surface area contributed by atoms with Gasteiger partial charge in [-0.3, -0.25) is 4.90 Å². The first-order valence-electron chi connectivity index (χ1n) is 4.16. The van der Waals surface area contributed by atoms with E-state index in [-0.39, 0.29) is 7.43 Å². The molecule has 1 nitrogen and oxygen atoms in total. The lowest BCUT2D eigenvalue weighted by atomic mass is 10.0. The predicted molar refractivity (Wildman–Crippen MR) is 54.0 cm³/mol. The van der Waals surface area contributed by atoms with Gasteiger partial charge in [0.15, 0.2) is 0 Å². The third-order valence-corrected chi connectivity index (χ3v) is 1.83. The fourth-order valence-electron chi connectivity index (χ4n) is 1.61. The van der Waals surface area contributed by atoms with Crippen molar-refractivity contribution in [3.05, 3.63) is 0 Å². The molecule has 0 aliphatic carbocycles. The first-order chi connectivity index (χ1) is 4.39. The second-order valence-electron chi connectivity index (χ2n) is 4.05. The molecule has 0 saturated heterocycles. The summed E-state index contributed by atoms with van der Waals surface area (Å²) < 4.78 is 0. The summed E-state index contributed by atoms with van der Waals surface area (Å²) in [6, 6.07) is 0.657. The van der Waals surface area contributed by atoms with Gasteiger partial charge >= 0.3 is 0 Å². The highest BCUT2D eigenvalue weighted by atomic mass is 15.2. The lowest BCUT2D eigenvalue weighted by Crippen LogP contribution is -2.45. The van der Waals surface area contributed by atoms with Gasteiger partial charge in [0.25, 0.3) is 0 Å². The van der Waals surface area contributed by atoms with Gasteiger partial charge in [-0.25, -0.2) is 0 Å². The molecule has 0 heterocycles. The summed E-state index contributed by atoms with van der Waals surface area (Å²) in [5.41, 5.74) is 0.322. The van der Waals surface area contributed by atoms with E-state index in [9.17, 15) is 0 Å². The Bertz CT molecular complexity index is 89.5. The minimum atomic E-state index is 0. The van der Waals surface area contributed by atoms with E-state index in [4.69, 9.17) is 0 Å². The maximum Gasteiger partial charge on any atom is 0.0127 e. The third kappa shape index (κ3) is 4.41. The topological polar surface area (TPSA) is 3.24 Å². The van der Waals surface area contributed by atoms with Crippen LogP contribution in [0.2, 0.25) is 0 Å². The largest absolute Gasteiger partial charge is 0.296 e. The Hall–Kier alpha value is -0.0400. The quantitative estimate of drug-likeness (QED) is 0.598. The molecule has 11 heavy (non-hydrogen) atoms. The summed E-state index contributed by atoms with van der Waals surface area (Å²) in [6.45, 7) is 14.6. The third-order valence-electron chi connectivity index (χ3n) is 1.83. The van der Waals surface area contributed by atoms with Crippen LogP contribution in [0.25, 0.3) is 0 Å². The van der Waals surface area contributed by atoms with Crippen LogP contribution in [0.4, 0.5) is 0 Å². The van der Waals surface area contributed by atoms with Crippen LogP contribution in [-0.4, -0.2) is 23.0 Å². The van der Waals surface area contributed by atoms with E-state index < -0.39 is 0 Å². The Labute approximate surface area is 72.8 Å². The Morgan fingerprint density at radius 1 is 1.18 bits per heavy atom.